The zero-order valence-corrected chi connectivity index (χ0v) is 15.1. The highest BCUT2D eigenvalue weighted by molar-refractivity contribution is 9.10. The SMILES string of the molecule is CC(C)c1ccc(C(=O)C[C@]2(O)C(=O)Nc3ccc(Br)cc32)cc1. The normalized spacial score (nSPS) is 19.3. The smallest absolute Gasteiger partial charge is 0.261 e. The Morgan fingerprint density at radius 2 is 1.88 bits per heavy atom. The Morgan fingerprint density at radius 1 is 1.21 bits per heavy atom. The Bertz CT molecular complexity index is 814. The third-order valence-electron chi connectivity index (χ3n) is 4.37. The molecule has 24 heavy (non-hydrogen) atoms. The molecular weight excluding hydrogens is 370 g/mol. The van der Waals surface area contributed by atoms with E-state index in [1.165, 1.54) is 0 Å². The Labute approximate surface area is 149 Å². The highest BCUT2D eigenvalue weighted by Crippen LogP contribution is 2.40. The fourth-order valence-corrected chi connectivity index (χ4v) is 3.24. The average molecular weight is 388 g/mol. The number of carbonyl (C=O) groups is 2. The first-order valence-corrected chi connectivity index (χ1v) is 8.57. The molecule has 1 heterocycles. The molecule has 0 saturated heterocycles. The Hall–Kier alpha value is -1.98. The van der Waals surface area contributed by atoms with Crippen molar-refractivity contribution in [3.05, 3.63) is 63.6 Å². The van der Waals surface area contributed by atoms with E-state index in [1.54, 1.807) is 30.3 Å². The monoisotopic (exact) mass is 387 g/mol. The molecule has 0 unspecified atom stereocenters. The van der Waals surface area contributed by atoms with Gasteiger partial charge in [-0.2, -0.15) is 0 Å². The van der Waals surface area contributed by atoms with Gasteiger partial charge in [-0.25, -0.2) is 0 Å². The van der Waals surface area contributed by atoms with Crippen LogP contribution in [-0.4, -0.2) is 16.8 Å². The summed E-state index contributed by atoms with van der Waals surface area (Å²) in [5.74, 6) is -0.457. The van der Waals surface area contributed by atoms with Crippen molar-refractivity contribution in [1.29, 1.82) is 0 Å². The number of rotatable bonds is 4. The molecular formula is C19H18BrNO3. The van der Waals surface area contributed by atoms with Crippen LogP contribution in [0, 0.1) is 0 Å². The van der Waals surface area contributed by atoms with E-state index in [4.69, 9.17) is 0 Å². The number of nitrogens with one attached hydrogen (secondary N) is 1. The standard InChI is InChI=1S/C19H18BrNO3/c1-11(2)12-3-5-13(6-4-12)17(22)10-19(24)15-9-14(20)7-8-16(15)21-18(19)23/h3-9,11,24H,10H2,1-2H3,(H,21,23)/t19-/m1/s1. The summed E-state index contributed by atoms with van der Waals surface area (Å²) in [6.45, 7) is 4.16. The molecule has 4 nitrogen and oxygen atoms in total. The number of hydrogen-bond acceptors (Lipinski definition) is 3. The molecule has 0 aliphatic carbocycles. The maximum atomic E-state index is 12.6. The quantitative estimate of drug-likeness (QED) is 0.779. The van der Waals surface area contributed by atoms with Gasteiger partial charge in [-0.15, -0.1) is 0 Å². The summed E-state index contributed by atoms with van der Waals surface area (Å²) in [6, 6.07) is 12.4. The summed E-state index contributed by atoms with van der Waals surface area (Å²) in [5.41, 5.74) is 0.748. The van der Waals surface area contributed by atoms with Gasteiger partial charge in [0.2, 0.25) is 0 Å². The molecule has 1 amide bonds. The molecule has 0 radical (unpaired) electrons. The largest absolute Gasteiger partial charge is 0.375 e. The molecule has 2 aromatic carbocycles. The number of carbonyl (C=O) groups excluding carboxylic acids is 2. The van der Waals surface area contributed by atoms with Gasteiger partial charge in [0, 0.05) is 21.3 Å². The summed E-state index contributed by atoms with van der Waals surface area (Å²) in [6.07, 6.45) is -0.288. The Morgan fingerprint density at radius 3 is 2.50 bits per heavy atom. The van der Waals surface area contributed by atoms with Gasteiger partial charge in [0.25, 0.3) is 5.91 Å². The summed E-state index contributed by atoms with van der Waals surface area (Å²) in [4.78, 5) is 24.8. The minimum absolute atomic E-state index is 0.268. The number of benzene rings is 2. The zero-order valence-electron chi connectivity index (χ0n) is 13.5. The van der Waals surface area contributed by atoms with Crippen LogP contribution in [0.5, 0.6) is 0 Å². The van der Waals surface area contributed by atoms with Crippen LogP contribution in [-0.2, 0) is 10.4 Å². The predicted molar refractivity (Wildman–Crippen MR) is 96.1 cm³/mol. The maximum absolute atomic E-state index is 12.6. The zero-order chi connectivity index (χ0) is 17.5. The van der Waals surface area contributed by atoms with E-state index < -0.39 is 11.5 Å². The number of aliphatic hydroxyl groups is 1. The molecule has 1 aliphatic rings. The Balaban J connectivity index is 1.89. The van der Waals surface area contributed by atoms with Crippen LogP contribution in [0.15, 0.2) is 46.9 Å². The first-order valence-electron chi connectivity index (χ1n) is 7.78. The van der Waals surface area contributed by atoms with Crippen LogP contribution in [0.2, 0.25) is 0 Å². The fourth-order valence-electron chi connectivity index (χ4n) is 2.88. The number of ketones is 1. The molecule has 0 spiro atoms. The highest BCUT2D eigenvalue weighted by atomic mass is 79.9. The van der Waals surface area contributed by atoms with Crippen molar-refractivity contribution in [2.45, 2.75) is 31.8 Å². The van der Waals surface area contributed by atoms with Crippen molar-refractivity contribution < 1.29 is 14.7 Å². The second-order valence-electron chi connectivity index (χ2n) is 6.38. The van der Waals surface area contributed by atoms with Crippen LogP contribution in [0.1, 0.15) is 47.7 Å². The van der Waals surface area contributed by atoms with Crippen molar-refractivity contribution in [3.63, 3.8) is 0 Å². The van der Waals surface area contributed by atoms with Crippen molar-refractivity contribution in [1.82, 2.24) is 0 Å². The van der Waals surface area contributed by atoms with Crippen LogP contribution in [0.4, 0.5) is 5.69 Å². The van der Waals surface area contributed by atoms with Gasteiger partial charge in [0.1, 0.15) is 0 Å². The molecule has 124 valence electrons. The van der Waals surface area contributed by atoms with E-state index in [1.807, 2.05) is 12.1 Å². The molecule has 0 bridgehead atoms. The van der Waals surface area contributed by atoms with Gasteiger partial charge in [0.05, 0.1) is 6.42 Å². The van der Waals surface area contributed by atoms with E-state index in [9.17, 15) is 14.7 Å². The van der Waals surface area contributed by atoms with E-state index in [2.05, 4.69) is 35.1 Å². The van der Waals surface area contributed by atoms with Gasteiger partial charge in [0.15, 0.2) is 11.4 Å². The number of amides is 1. The third kappa shape index (κ3) is 2.89. The van der Waals surface area contributed by atoms with Crippen molar-refractivity contribution >= 4 is 33.3 Å². The summed E-state index contributed by atoms with van der Waals surface area (Å²) >= 11 is 3.33. The average Bonchev–Trinajstić information content (AvgIpc) is 2.78. The number of hydrogen-bond donors (Lipinski definition) is 2. The van der Waals surface area contributed by atoms with E-state index in [0.29, 0.717) is 22.7 Å². The first kappa shape index (κ1) is 16.9. The first-order chi connectivity index (χ1) is 11.3. The number of fused-ring (bicyclic) bond motifs is 1. The number of anilines is 1. The molecule has 0 aromatic heterocycles. The molecule has 0 fully saturated rings. The summed E-state index contributed by atoms with van der Waals surface area (Å²) < 4.78 is 0.741. The number of halogens is 1. The minimum Gasteiger partial charge on any atom is -0.375 e. The molecule has 1 atom stereocenters. The lowest BCUT2D eigenvalue weighted by molar-refractivity contribution is -0.133. The van der Waals surface area contributed by atoms with Crippen LogP contribution < -0.4 is 5.32 Å². The predicted octanol–water partition coefficient (Wildman–Crippen LogP) is 3.99. The lowest BCUT2D eigenvalue weighted by atomic mass is 9.88. The van der Waals surface area contributed by atoms with E-state index >= 15 is 0 Å². The van der Waals surface area contributed by atoms with Crippen LogP contribution in [0.25, 0.3) is 0 Å². The van der Waals surface area contributed by atoms with Crippen molar-refractivity contribution in [2.75, 3.05) is 5.32 Å². The number of Topliss-reactive ketones (excluding diaryl/α,β-unsaturated/α-hetero) is 1. The molecule has 0 saturated carbocycles. The fraction of sp³-hybridized carbons (Fsp3) is 0.263. The van der Waals surface area contributed by atoms with Gasteiger partial charge in [-0.3, -0.25) is 9.59 Å². The third-order valence-corrected chi connectivity index (χ3v) is 4.86. The van der Waals surface area contributed by atoms with E-state index in [-0.39, 0.29) is 12.2 Å². The summed E-state index contributed by atoms with van der Waals surface area (Å²) in [7, 11) is 0. The highest BCUT2D eigenvalue weighted by Gasteiger charge is 2.46. The van der Waals surface area contributed by atoms with Gasteiger partial charge < -0.3 is 10.4 Å². The second-order valence-corrected chi connectivity index (χ2v) is 7.30. The molecule has 5 heteroatoms. The molecule has 3 rings (SSSR count). The lowest BCUT2D eigenvalue weighted by Gasteiger charge is -2.20. The molecule has 2 N–H and O–H groups in total. The van der Waals surface area contributed by atoms with Gasteiger partial charge in [-0.05, 0) is 29.7 Å². The molecule has 2 aromatic rings. The van der Waals surface area contributed by atoms with Crippen molar-refractivity contribution in [2.24, 2.45) is 0 Å². The van der Waals surface area contributed by atoms with Crippen molar-refractivity contribution in [3.8, 4) is 0 Å². The topological polar surface area (TPSA) is 66.4 Å². The Kier molecular flexibility index (Phi) is 4.32. The van der Waals surface area contributed by atoms with Gasteiger partial charge >= 0.3 is 0 Å². The maximum Gasteiger partial charge on any atom is 0.261 e. The van der Waals surface area contributed by atoms with Crippen LogP contribution >= 0.6 is 15.9 Å². The minimum atomic E-state index is -1.84. The van der Waals surface area contributed by atoms with Crippen LogP contribution in [0.3, 0.4) is 0 Å². The van der Waals surface area contributed by atoms with E-state index in [0.717, 1.165) is 10.0 Å². The van der Waals surface area contributed by atoms with Gasteiger partial charge in [-0.1, -0.05) is 54.0 Å². The molecule has 1 aliphatic heterocycles. The lowest BCUT2D eigenvalue weighted by Crippen LogP contribution is -2.36. The second kappa shape index (κ2) is 6.15. The summed E-state index contributed by atoms with van der Waals surface area (Å²) in [5, 5.41) is 13.5.